The zero-order valence-electron chi connectivity index (χ0n) is 18.0. The van der Waals surface area contributed by atoms with Crippen LogP contribution in [-0.4, -0.2) is 77.6 Å². The van der Waals surface area contributed by atoms with E-state index in [1.54, 1.807) is 11.1 Å². The fraction of sp³-hybridized carbons (Fsp3) is 0.565. The van der Waals surface area contributed by atoms with Crippen molar-refractivity contribution < 1.29 is 9.18 Å². The zero-order chi connectivity index (χ0) is 21.5. The number of piperazine rings is 1. The van der Waals surface area contributed by atoms with Gasteiger partial charge in [-0.3, -0.25) is 9.59 Å². The molecule has 2 aromatic rings. The second-order valence-corrected chi connectivity index (χ2v) is 9.88. The number of carbonyl (C=O) groups is 1. The highest BCUT2D eigenvalue weighted by atomic mass is 32.2. The molecule has 3 fully saturated rings. The van der Waals surface area contributed by atoms with E-state index in [0.29, 0.717) is 24.2 Å². The maximum Gasteiger partial charge on any atom is 0.259 e. The Morgan fingerprint density at radius 3 is 2.45 bits per heavy atom. The van der Waals surface area contributed by atoms with E-state index in [-0.39, 0.29) is 28.8 Å². The van der Waals surface area contributed by atoms with Crippen LogP contribution in [0.3, 0.4) is 0 Å². The second kappa shape index (κ2) is 8.47. The number of benzene rings is 1. The monoisotopic (exact) mass is 444 g/mol. The average Bonchev–Trinajstić information content (AvgIpc) is 3.65. The summed E-state index contributed by atoms with van der Waals surface area (Å²) in [4.78, 5) is 32.6. The van der Waals surface area contributed by atoms with E-state index in [1.165, 1.54) is 6.07 Å². The van der Waals surface area contributed by atoms with Crippen LogP contribution < -0.4 is 10.3 Å². The van der Waals surface area contributed by atoms with Gasteiger partial charge in [0.2, 0.25) is 5.43 Å². The number of pyridine rings is 1. The standard InChI is InChI=1S/C23H29FN4O2S/c1-2-25-5-7-26(8-6-25)21-14-20-17(13-19(21)24)22(29)18(15-28(20)16-3-4-16)23(30)27-9-11-31-12-10-27/h13-16H,2-12H2,1H3. The van der Waals surface area contributed by atoms with Crippen molar-refractivity contribution >= 4 is 34.3 Å². The molecule has 0 radical (unpaired) electrons. The second-order valence-electron chi connectivity index (χ2n) is 8.66. The fourth-order valence-corrected chi connectivity index (χ4v) is 5.55. The van der Waals surface area contributed by atoms with Crippen LogP contribution in [0.1, 0.15) is 36.2 Å². The third-order valence-corrected chi connectivity index (χ3v) is 7.67. The highest BCUT2D eigenvalue weighted by Gasteiger charge is 2.30. The molecule has 0 atom stereocenters. The summed E-state index contributed by atoms with van der Waals surface area (Å²) in [6.45, 7) is 7.81. The first-order valence-electron chi connectivity index (χ1n) is 11.3. The van der Waals surface area contributed by atoms with E-state index in [9.17, 15) is 9.59 Å². The minimum Gasteiger partial charge on any atom is -0.367 e. The summed E-state index contributed by atoms with van der Waals surface area (Å²) in [5.41, 5.74) is 1.13. The number of hydrogen-bond acceptors (Lipinski definition) is 5. The number of fused-ring (bicyclic) bond motifs is 1. The van der Waals surface area contributed by atoms with Crippen molar-refractivity contribution in [3.8, 4) is 0 Å². The Labute approximate surface area is 186 Å². The van der Waals surface area contributed by atoms with Gasteiger partial charge < -0.3 is 19.3 Å². The van der Waals surface area contributed by atoms with Crippen LogP contribution >= 0.6 is 11.8 Å². The molecule has 3 heterocycles. The molecule has 5 rings (SSSR count). The molecule has 2 saturated heterocycles. The van der Waals surface area contributed by atoms with Crippen LogP contribution in [0.4, 0.5) is 10.1 Å². The van der Waals surface area contributed by atoms with Crippen molar-refractivity contribution in [2.24, 2.45) is 0 Å². The Morgan fingerprint density at radius 2 is 1.81 bits per heavy atom. The molecule has 1 amide bonds. The molecule has 0 spiro atoms. The summed E-state index contributed by atoms with van der Waals surface area (Å²) in [6.07, 6.45) is 3.78. The van der Waals surface area contributed by atoms with Crippen molar-refractivity contribution in [2.45, 2.75) is 25.8 Å². The molecular formula is C23H29FN4O2S. The van der Waals surface area contributed by atoms with Crippen molar-refractivity contribution in [3.63, 3.8) is 0 Å². The van der Waals surface area contributed by atoms with Gasteiger partial charge in [0.15, 0.2) is 0 Å². The van der Waals surface area contributed by atoms with E-state index >= 15 is 4.39 Å². The summed E-state index contributed by atoms with van der Waals surface area (Å²) >= 11 is 1.82. The number of hydrogen-bond donors (Lipinski definition) is 0. The third kappa shape index (κ3) is 3.96. The minimum atomic E-state index is -0.379. The molecule has 31 heavy (non-hydrogen) atoms. The van der Waals surface area contributed by atoms with Crippen LogP contribution in [0.5, 0.6) is 0 Å². The lowest BCUT2D eigenvalue weighted by Crippen LogP contribution is -2.46. The van der Waals surface area contributed by atoms with Crippen molar-refractivity contribution in [2.75, 3.05) is 62.2 Å². The molecule has 6 nitrogen and oxygen atoms in total. The highest BCUT2D eigenvalue weighted by molar-refractivity contribution is 7.99. The number of amides is 1. The Morgan fingerprint density at radius 1 is 1.10 bits per heavy atom. The average molecular weight is 445 g/mol. The summed E-state index contributed by atoms with van der Waals surface area (Å²) in [7, 11) is 0. The fourth-order valence-electron chi connectivity index (χ4n) is 4.65. The minimum absolute atomic E-state index is 0.176. The van der Waals surface area contributed by atoms with Crippen LogP contribution in [0.25, 0.3) is 10.9 Å². The van der Waals surface area contributed by atoms with Crippen molar-refractivity contribution in [3.05, 3.63) is 39.9 Å². The van der Waals surface area contributed by atoms with Crippen LogP contribution in [-0.2, 0) is 0 Å². The molecule has 2 aliphatic heterocycles. The van der Waals surface area contributed by atoms with E-state index < -0.39 is 0 Å². The summed E-state index contributed by atoms with van der Waals surface area (Å²) in [6, 6.07) is 3.47. The third-order valence-electron chi connectivity index (χ3n) is 6.73. The predicted molar refractivity (Wildman–Crippen MR) is 124 cm³/mol. The predicted octanol–water partition coefficient (Wildman–Crippen LogP) is 2.81. The Kier molecular flexibility index (Phi) is 5.69. The van der Waals surface area contributed by atoms with E-state index in [1.807, 2.05) is 22.4 Å². The summed E-state index contributed by atoms with van der Waals surface area (Å²) in [5, 5.41) is 0.317. The molecule has 1 saturated carbocycles. The number of halogens is 1. The highest BCUT2D eigenvalue weighted by Crippen LogP contribution is 2.38. The number of carbonyl (C=O) groups excluding carboxylic acids is 1. The molecule has 0 bridgehead atoms. The maximum atomic E-state index is 15.2. The largest absolute Gasteiger partial charge is 0.367 e. The van der Waals surface area contributed by atoms with E-state index in [2.05, 4.69) is 16.7 Å². The smallest absolute Gasteiger partial charge is 0.259 e. The van der Waals surface area contributed by atoms with Gasteiger partial charge in [0.25, 0.3) is 5.91 Å². The molecule has 1 aromatic carbocycles. The molecule has 166 valence electrons. The van der Waals surface area contributed by atoms with Gasteiger partial charge >= 0.3 is 0 Å². The molecule has 1 aromatic heterocycles. The summed E-state index contributed by atoms with van der Waals surface area (Å²) < 4.78 is 17.2. The number of nitrogens with zero attached hydrogens (tertiary/aromatic N) is 4. The first-order valence-corrected chi connectivity index (χ1v) is 12.4. The number of anilines is 1. The van der Waals surface area contributed by atoms with Crippen LogP contribution in [0, 0.1) is 5.82 Å². The van der Waals surface area contributed by atoms with Gasteiger partial charge in [-0.05, 0) is 31.5 Å². The van der Waals surface area contributed by atoms with Gasteiger partial charge in [-0.2, -0.15) is 11.8 Å². The van der Waals surface area contributed by atoms with Gasteiger partial charge in [0.1, 0.15) is 11.4 Å². The van der Waals surface area contributed by atoms with Gasteiger partial charge in [0, 0.05) is 68.4 Å². The Balaban J connectivity index is 1.56. The molecule has 0 unspecified atom stereocenters. The van der Waals surface area contributed by atoms with Crippen LogP contribution in [0.2, 0.25) is 0 Å². The Bertz CT molecular complexity index is 1050. The number of rotatable bonds is 4. The number of aromatic nitrogens is 1. The summed E-state index contributed by atoms with van der Waals surface area (Å²) in [5.74, 6) is 1.18. The topological polar surface area (TPSA) is 48.8 Å². The zero-order valence-corrected chi connectivity index (χ0v) is 18.8. The van der Waals surface area contributed by atoms with Gasteiger partial charge in [-0.1, -0.05) is 6.92 Å². The molecule has 3 aliphatic rings. The lowest BCUT2D eigenvalue weighted by Gasteiger charge is -2.35. The van der Waals surface area contributed by atoms with Crippen LogP contribution in [0.15, 0.2) is 23.1 Å². The normalized spacial score (nSPS) is 20.5. The number of likely N-dealkylation sites (N-methyl/N-ethyl adjacent to an activating group) is 1. The molecule has 8 heteroatoms. The molecule has 1 aliphatic carbocycles. The lowest BCUT2D eigenvalue weighted by atomic mass is 10.1. The van der Waals surface area contributed by atoms with Crippen molar-refractivity contribution in [1.82, 2.24) is 14.4 Å². The van der Waals surface area contributed by atoms with Gasteiger partial charge in [-0.15, -0.1) is 0 Å². The Hall–Kier alpha value is -2.06. The quantitative estimate of drug-likeness (QED) is 0.726. The van der Waals surface area contributed by atoms with Gasteiger partial charge in [0.05, 0.1) is 11.2 Å². The first kappa shape index (κ1) is 20.8. The van der Waals surface area contributed by atoms with E-state index in [4.69, 9.17) is 0 Å². The van der Waals surface area contributed by atoms with E-state index in [0.717, 1.165) is 62.6 Å². The molecular weight excluding hydrogens is 415 g/mol. The van der Waals surface area contributed by atoms with Gasteiger partial charge in [-0.25, -0.2) is 4.39 Å². The number of thioether (sulfide) groups is 1. The maximum absolute atomic E-state index is 15.2. The molecule has 0 N–H and O–H groups in total. The SMILES string of the molecule is CCN1CCN(c2cc3c(cc2F)c(=O)c(C(=O)N2CCSCC2)cn3C2CC2)CC1. The van der Waals surface area contributed by atoms with Crippen molar-refractivity contribution in [1.29, 1.82) is 0 Å². The first-order chi connectivity index (χ1) is 15.1. The lowest BCUT2D eigenvalue weighted by molar-refractivity contribution is 0.0770.